The summed E-state index contributed by atoms with van der Waals surface area (Å²) in [6.07, 6.45) is 5.56. The van der Waals surface area contributed by atoms with Crippen LogP contribution in [-0.4, -0.2) is 12.4 Å². The van der Waals surface area contributed by atoms with Crippen LogP contribution in [0.3, 0.4) is 0 Å². The largest absolute Gasteiger partial charge is 0.392 e. The standard InChI is InChI=1S/C24H28O3/c1-4-14-23(3)16-24(15-5-2,21-9-7-6-8-20(21)23)19-12-10-18(11-13-19)22(26)27-17-25/h6-13,17H,4-5,14-16H2,1-3H3. The number of ether oxygens (including phenoxy) is 1. The Morgan fingerprint density at radius 3 is 2.22 bits per heavy atom. The molecule has 0 saturated carbocycles. The van der Waals surface area contributed by atoms with Gasteiger partial charge in [0.25, 0.3) is 0 Å². The van der Waals surface area contributed by atoms with Gasteiger partial charge in [-0.1, -0.05) is 70.0 Å². The maximum Gasteiger partial charge on any atom is 0.345 e. The van der Waals surface area contributed by atoms with E-state index in [9.17, 15) is 9.59 Å². The lowest BCUT2D eigenvalue weighted by molar-refractivity contribution is -0.123. The summed E-state index contributed by atoms with van der Waals surface area (Å²) in [5.41, 5.74) is 4.65. The molecular formula is C24H28O3. The Kier molecular flexibility index (Phi) is 5.50. The SMILES string of the molecule is CCCC1(C)CC(CCC)(c2ccc(C(=O)OC=O)cc2)c2ccccc21. The van der Waals surface area contributed by atoms with E-state index in [0.717, 1.165) is 25.7 Å². The molecule has 1 aliphatic carbocycles. The molecule has 3 heteroatoms. The molecule has 3 rings (SSSR count). The average Bonchev–Trinajstić information content (AvgIpc) is 2.92. The van der Waals surface area contributed by atoms with Crippen molar-refractivity contribution in [1.29, 1.82) is 0 Å². The second-order valence-corrected chi connectivity index (χ2v) is 7.94. The molecule has 0 fully saturated rings. The molecule has 1 aliphatic rings. The zero-order valence-electron chi connectivity index (χ0n) is 16.5. The summed E-state index contributed by atoms with van der Waals surface area (Å²) < 4.78 is 4.47. The third kappa shape index (κ3) is 3.31. The second-order valence-electron chi connectivity index (χ2n) is 7.94. The molecular weight excluding hydrogens is 336 g/mol. The number of benzene rings is 2. The van der Waals surface area contributed by atoms with Crippen LogP contribution in [0.4, 0.5) is 0 Å². The van der Waals surface area contributed by atoms with Crippen molar-refractivity contribution in [3.05, 3.63) is 70.8 Å². The highest BCUT2D eigenvalue weighted by atomic mass is 16.6. The first-order chi connectivity index (χ1) is 13.0. The average molecular weight is 364 g/mol. The van der Waals surface area contributed by atoms with Gasteiger partial charge in [0, 0.05) is 5.41 Å². The number of fused-ring (bicyclic) bond motifs is 1. The first-order valence-electron chi connectivity index (χ1n) is 9.86. The van der Waals surface area contributed by atoms with Crippen LogP contribution in [0.2, 0.25) is 0 Å². The third-order valence-electron chi connectivity index (χ3n) is 6.09. The molecule has 2 aromatic rings. The van der Waals surface area contributed by atoms with Gasteiger partial charge < -0.3 is 4.74 Å². The Bertz CT molecular complexity index is 824. The fourth-order valence-electron chi connectivity index (χ4n) is 5.15. The van der Waals surface area contributed by atoms with E-state index in [-0.39, 0.29) is 17.3 Å². The molecule has 0 radical (unpaired) electrons. The molecule has 0 heterocycles. The van der Waals surface area contributed by atoms with Crippen LogP contribution in [-0.2, 0) is 20.4 Å². The molecule has 2 atom stereocenters. The minimum absolute atomic E-state index is 0.0393. The van der Waals surface area contributed by atoms with Crippen LogP contribution >= 0.6 is 0 Å². The van der Waals surface area contributed by atoms with Crippen molar-refractivity contribution in [1.82, 2.24) is 0 Å². The lowest BCUT2D eigenvalue weighted by atomic mass is 9.69. The van der Waals surface area contributed by atoms with Crippen molar-refractivity contribution in [2.45, 2.75) is 63.7 Å². The quantitative estimate of drug-likeness (QED) is 0.368. The monoisotopic (exact) mass is 364 g/mol. The highest BCUT2D eigenvalue weighted by molar-refractivity contribution is 5.93. The molecule has 0 saturated heterocycles. The van der Waals surface area contributed by atoms with Gasteiger partial charge in [0.05, 0.1) is 5.56 Å². The number of hydrogen-bond acceptors (Lipinski definition) is 3. The van der Waals surface area contributed by atoms with Crippen molar-refractivity contribution < 1.29 is 14.3 Å². The van der Waals surface area contributed by atoms with E-state index in [1.165, 1.54) is 23.1 Å². The smallest absolute Gasteiger partial charge is 0.345 e. The van der Waals surface area contributed by atoms with Crippen molar-refractivity contribution in [2.24, 2.45) is 0 Å². The van der Waals surface area contributed by atoms with Gasteiger partial charge in [0.1, 0.15) is 0 Å². The fourth-order valence-corrected chi connectivity index (χ4v) is 5.15. The van der Waals surface area contributed by atoms with Crippen LogP contribution in [0.15, 0.2) is 48.5 Å². The predicted molar refractivity (Wildman–Crippen MR) is 107 cm³/mol. The van der Waals surface area contributed by atoms with Gasteiger partial charge in [-0.25, -0.2) is 4.79 Å². The molecule has 0 bridgehead atoms. The Balaban J connectivity index is 2.09. The van der Waals surface area contributed by atoms with Crippen LogP contribution in [0.1, 0.15) is 79.9 Å². The molecule has 0 spiro atoms. The molecule has 142 valence electrons. The molecule has 2 unspecified atom stereocenters. The van der Waals surface area contributed by atoms with Crippen LogP contribution < -0.4 is 0 Å². The lowest BCUT2D eigenvalue weighted by Crippen LogP contribution is -2.28. The first kappa shape index (κ1) is 19.3. The highest BCUT2D eigenvalue weighted by Crippen LogP contribution is 2.56. The highest BCUT2D eigenvalue weighted by Gasteiger charge is 2.49. The molecule has 0 amide bonds. The summed E-state index contributed by atoms with van der Waals surface area (Å²) >= 11 is 0. The minimum atomic E-state index is -0.608. The van der Waals surface area contributed by atoms with Gasteiger partial charge in [-0.05, 0) is 53.5 Å². The van der Waals surface area contributed by atoms with E-state index in [1.807, 2.05) is 12.1 Å². The summed E-state index contributed by atoms with van der Waals surface area (Å²) in [7, 11) is 0. The van der Waals surface area contributed by atoms with Crippen molar-refractivity contribution in [2.75, 3.05) is 0 Å². The normalized spacial score (nSPS) is 23.7. The molecule has 3 nitrogen and oxygen atoms in total. The Hall–Kier alpha value is -2.42. The van der Waals surface area contributed by atoms with Gasteiger partial charge in [-0.3, -0.25) is 4.79 Å². The zero-order valence-corrected chi connectivity index (χ0v) is 16.5. The topological polar surface area (TPSA) is 43.4 Å². The zero-order chi connectivity index (χ0) is 19.5. The van der Waals surface area contributed by atoms with Crippen molar-refractivity contribution in [3.8, 4) is 0 Å². The van der Waals surface area contributed by atoms with Crippen molar-refractivity contribution >= 4 is 12.4 Å². The summed E-state index contributed by atoms with van der Waals surface area (Å²) in [6, 6.07) is 16.5. The van der Waals surface area contributed by atoms with Gasteiger partial charge >= 0.3 is 12.4 Å². The van der Waals surface area contributed by atoms with E-state index >= 15 is 0 Å². The second kappa shape index (κ2) is 7.67. The maximum absolute atomic E-state index is 11.8. The molecule has 0 N–H and O–H groups in total. The number of carbonyl (C=O) groups excluding carboxylic acids is 2. The third-order valence-corrected chi connectivity index (χ3v) is 6.09. The van der Waals surface area contributed by atoms with Crippen LogP contribution in [0.25, 0.3) is 0 Å². The number of carbonyl (C=O) groups is 2. The van der Waals surface area contributed by atoms with Crippen molar-refractivity contribution in [3.63, 3.8) is 0 Å². The van der Waals surface area contributed by atoms with Gasteiger partial charge in [-0.15, -0.1) is 0 Å². The Morgan fingerprint density at radius 2 is 1.63 bits per heavy atom. The predicted octanol–water partition coefficient (Wildman–Crippen LogP) is 5.55. The van der Waals surface area contributed by atoms with E-state index in [4.69, 9.17) is 0 Å². The minimum Gasteiger partial charge on any atom is -0.392 e. The van der Waals surface area contributed by atoms with Gasteiger partial charge in [0.15, 0.2) is 0 Å². The molecule has 0 aliphatic heterocycles. The number of esters is 1. The van der Waals surface area contributed by atoms with E-state index < -0.39 is 5.97 Å². The summed E-state index contributed by atoms with van der Waals surface area (Å²) in [5, 5.41) is 0. The summed E-state index contributed by atoms with van der Waals surface area (Å²) in [5.74, 6) is -0.608. The first-order valence-corrected chi connectivity index (χ1v) is 9.86. The van der Waals surface area contributed by atoms with Crippen LogP contribution in [0.5, 0.6) is 0 Å². The summed E-state index contributed by atoms with van der Waals surface area (Å²) in [4.78, 5) is 22.2. The maximum atomic E-state index is 11.8. The molecule has 2 aromatic carbocycles. The summed E-state index contributed by atoms with van der Waals surface area (Å²) in [6.45, 7) is 7.05. The fraction of sp³-hybridized carbons (Fsp3) is 0.417. The number of rotatable bonds is 7. The van der Waals surface area contributed by atoms with Gasteiger partial charge in [0.2, 0.25) is 0 Å². The van der Waals surface area contributed by atoms with E-state index in [2.05, 4.69) is 49.8 Å². The van der Waals surface area contributed by atoms with E-state index in [1.54, 1.807) is 12.1 Å². The van der Waals surface area contributed by atoms with Crippen LogP contribution in [0, 0.1) is 0 Å². The Morgan fingerprint density at radius 1 is 1.00 bits per heavy atom. The number of hydrogen-bond donors (Lipinski definition) is 0. The molecule has 27 heavy (non-hydrogen) atoms. The van der Waals surface area contributed by atoms with Gasteiger partial charge in [-0.2, -0.15) is 0 Å². The van der Waals surface area contributed by atoms with E-state index in [0.29, 0.717) is 5.56 Å². The Labute approximate surface area is 161 Å². The molecule has 0 aromatic heterocycles. The lowest BCUT2D eigenvalue weighted by Gasteiger charge is -2.34.